The standard InChI is InChI=1S/C18H20F2N6/c1-12-9-17(26-18(23-12)21-11-22-26)25-7-5-24(6-8-25)13(2)15-4-3-14(19)10-16(15)20/h3-4,9-11,13H,5-8H2,1-2H3. The molecule has 8 heteroatoms. The van der Waals surface area contributed by atoms with Gasteiger partial charge in [-0.05, 0) is 19.9 Å². The Balaban J connectivity index is 1.51. The summed E-state index contributed by atoms with van der Waals surface area (Å²) in [6.07, 6.45) is 1.50. The first kappa shape index (κ1) is 16.8. The number of rotatable bonds is 3. The van der Waals surface area contributed by atoms with Crippen LogP contribution >= 0.6 is 0 Å². The Morgan fingerprint density at radius 1 is 1.08 bits per heavy atom. The lowest BCUT2D eigenvalue weighted by Crippen LogP contribution is -2.48. The molecule has 0 saturated carbocycles. The van der Waals surface area contributed by atoms with Crippen LogP contribution in [0.1, 0.15) is 24.2 Å². The summed E-state index contributed by atoms with van der Waals surface area (Å²) < 4.78 is 29.0. The van der Waals surface area contributed by atoms with Gasteiger partial charge in [0.05, 0.1) is 0 Å². The van der Waals surface area contributed by atoms with E-state index in [1.54, 1.807) is 4.52 Å². The number of piperazine rings is 1. The van der Waals surface area contributed by atoms with Crippen LogP contribution in [0.25, 0.3) is 5.78 Å². The van der Waals surface area contributed by atoms with Gasteiger partial charge in [-0.3, -0.25) is 4.90 Å². The highest BCUT2D eigenvalue weighted by Gasteiger charge is 2.25. The first-order valence-corrected chi connectivity index (χ1v) is 8.64. The predicted octanol–water partition coefficient (Wildman–Crippen LogP) is 2.59. The van der Waals surface area contributed by atoms with Crippen molar-refractivity contribution in [3.05, 3.63) is 53.5 Å². The molecule has 2 aromatic heterocycles. The molecule has 26 heavy (non-hydrogen) atoms. The zero-order chi connectivity index (χ0) is 18.3. The normalized spacial score (nSPS) is 17.0. The van der Waals surface area contributed by atoms with Crippen LogP contribution in [0.4, 0.5) is 14.6 Å². The Hall–Kier alpha value is -2.61. The maximum Gasteiger partial charge on any atom is 0.254 e. The molecule has 1 aromatic carbocycles. The molecule has 0 bridgehead atoms. The van der Waals surface area contributed by atoms with Crippen LogP contribution in [0.5, 0.6) is 0 Å². The van der Waals surface area contributed by atoms with Crippen molar-refractivity contribution < 1.29 is 8.78 Å². The summed E-state index contributed by atoms with van der Waals surface area (Å²) >= 11 is 0. The quantitative estimate of drug-likeness (QED) is 0.720. The highest BCUT2D eigenvalue weighted by Crippen LogP contribution is 2.26. The van der Waals surface area contributed by atoms with Gasteiger partial charge in [0.15, 0.2) is 0 Å². The molecule has 0 N–H and O–H groups in total. The molecule has 3 heterocycles. The number of hydrogen-bond acceptors (Lipinski definition) is 5. The number of halogens is 2. The van der Waals surface area contributed by atoms with Gasteiger partial charge in [-0.25, -0.2) is 13.8 Å². The average Bonchev–Trinajstić information content (AvgIpc) is 3.09. The SMILES string of the molecule is Cc1cc(N2CCN(C(C)c3ccc(F)cc3F)CC2)n2ncnc2n1. The van der Waals surface area contributed by atoms with E-state index in [-0.39, 0.29) is 6.04 Å². The Morgan fingerprint density at radius 2 is 1.85 bits per heavy atom. The van der Waals surface area contributed by atoms with Crippen molar-refractivity contribution in [1.29, 1.82) is 0 Å². The van der Waals surface area contributed by atoms with Crippen LogP contribution in [0.15, 0.2) is 30.6 Å². The molecule has 6 nitrogen and oxygen atoms in total. The van der Waals surface area contributed by atoms with Crippen LogP contribution in [-0.4, -0.2) is 50.7 Å². The number of aromatic nitrogens is 4. The van der Waals surface area contributed by atoms with Gasteiger partial charge in [0, 0.05) is 55.6 Å². The molecule has 0 aliphatic carbocycles. The fourth-order valence-corrected chi connectivity index (χ4v) is 3.51. The lowest BCUT2D eigenvalue weighted by atomic mass is 10.1. The number of nitrogens with zero attached hydrogens (tertiary/aromatic N) is 6. The van der Waals surface area contributed by atoms with Gasteiger partial charge in [0.1, 0.15) is 23.8 Å². The van der Waals surface area contributed by atoms with E-state index in [1.807, 2.05) is 19.9 Å². The Labute approximate surface area is 150 Å². The molecule has 136 valence electrons. The van der Waals surface area contributed by atoms with Crippen molar-refractivity contribution in [2.75, 3.05) is 31.1 Å². The second-order valence-corrected chi connectivity index (χ2v) is 6.59. The molecule has 1 unspecified atom stereocenters. The van der Waals surface area contributed by atoms with E-state index in [9.17, 15) is 8.78 Å². The summed E-state index contributed by atoms with van der Waals surface area (Å²) in [4.78, 5) is 13.0. The van der Waals surface area contributed by atoms with Crippen molar-refractivity contribution in [1.82, 2.24) is 24.5 Å². The summed E-state index contributed by atoms with van der Waals surface area (Å²) in [5.74, 6) is 0.511. The second-order valence-electron chi connectivity index (χ2n) is 6.59. The Morgan fingerprint density at radius 3 is 2.58 bits per heavy atom. The number of fused-ring (bicyclic) bond motifs is 1. The number of benzene rings is 1. The molecule has 3 aromatic rings. The molecular formula is C18H20F2N6. The predicted molar refractivity (Wildman–Crippen MR) is 94.1 cm³/mol. The summed E-state index contributed by atoms with van der Waals surface area (Å²) in [6, 6.07) is 5.69. The van der Waals surface area contributed by atoms with Crippen LogP contribution in [0.2, 0.25) is 0 Å². The maximum atomic E-state index is 14.1. The molecule has 4 rings (SSSR count). The maximum absolute atomic E-state index is 14.1. The highest BCUT2D eigenvalue weighted by atomic mass is 19.1. The van der Waals surface area contributed by atoms with Gasteiger partial charge in [-0.2, -0.15) is 14.6 Å². The van der Waals surface area contributed by atoms with Crippen LogP contribution in [-0.2, 0) is 0 Å². The minimum Gasteiger partial charge on any atom is -0.354 e. The number of aryl methyl sites for hydroxylation is 1. The molecule has 1 atom stereocenters. The van der Waals surface area contributed by atoms with Crippen LogP contribution in [0.3, 0.4) is 0 Å². The van der Waals surface area contributed by atoms with Gasteiger partial charge in [0.2, 0.25) is 0 Å². The minimum absolute atomic E-state index is 0.108. The smallest absolute Gasteiger partial charge is 0.254 e. The summed E-state index contributed by atoms with van der Waals surface area (Å²) in [7, 11) is 0. The van der Waals surface area contributed by atoms with Crippen molar-refractivity contribution in [2.45, 2.75) is 19.9 Å². The van der Waals surface area contributed by atoms with Gasteiger partial charge < -0.3 is 4.90 Å². The van der Waals surface area contributed by atoms with E-state index >= 15 is 0 Å². The summed E-state index contributed by atoms with van der Waals surface area (Å²) in [5, 5.41) is 4.26. The zero-order valence-corrected chi connectivity index (χ0v) is 14.7. The van der Waals surface area contributed by atoms with E-state index in [0.717, 1.165) is 43.8 Å². The van der Waals surface area contributed by atoms with Crippen molar-refractivity contribution in [3.63, 3.8) is 0 Å². The van der Waals surface area contributed by atoms with Crippen molar-refractivity contribution >= 4 is 11.6 Å². The highest BCUT2D eigenvalue weighted by molar-refractivity contribution is 5.47. The Kier molecular flexibility index (Phi) is 4.28. The lowest BCUT2D eigenvalue weighted by Gasteiger charge is -2.39. The molecular weight excluding hydrogens is 338 g/mol. The third kappa shape index (κ3) is 3.01. The van der Waals surface area contributed by atoms with E-state index in [4.69, 9.17) is 0 Å². The zero-order valence-electron chi connectivity index (χ0n) is 14.7. The lowest BCUT2D eigenvalue weighted by molar-refractivity contribution is 0.194. The van der Waals surface area contributed by atoms with Crippen LogP contribution < -0.4 is 4.90 Å². The first-order chi connectivity index (χ1) is 12.5. The second kappa shape index (κ2) is 6.60. The fraction of sp³-hybridized carbons (Fsp3) is 0.389. The van der Waals surface area contributed by atoms with E-state index < -0.39 is 11.6 Å². The molecule has 0 radical (unpaired) electrons. The van der Waals surface area contributed by atoms with E-state index in [0.29, 0.717) is 11.3 Å². The monoisotopic (exact) mass is 358 g/mol. The minimum atomic E-state index is -0.548. The summed E-state index contributed by atoms with van der Waals surface area (Å²) in [6.45, 7) is 7.01. The Bertz CT molecular complexity index is 933. The third-order valence-corrected chi connectivity index (χ3v) is 4.96. The largest absolute Gasteiger partial charge is 0.354 e. The molecule has 0 amide bonds. The number of anilines is 1. The van der Waals surface area contributed by atoms with Crippen LogP contribution in [0, 0.1) is 18.6 Å². The topological polar surface area (TPSA) is 49.6 Å². The third-order valence-electron chi connectivity index (χ3n) is 4.96. The van der Waals surface area contributed by atoms with E-state index in [2.05, 4.69) is 24.9 Å². The van der Waals surface area contributed by atoms with Gasteiger partial charge in [0.25, 0.3) is 5.78 Å². The first-order valence-electron chi connectivity index (χ1n) is 8.64. The van der Waals surface area contributed by atoms with Crippen molar-refractivity contribution in [3.8, 4) is 0 Å². The van der Waals surface area contributed by atoms with Gasteiger partial charge in [-0.15, -0.1) is 0 Å². The molecule has 0 spiro atoms. The molecule has 1 fully saturated rings. The van der Waals surface area contributed by atoms with Gasteiger partial charge >= 0.3 is 0 Å². The molecule has 1 saturated heterocycles. The fourth-order valence-electron chi connectivity index (χ4n) is 3.51. The average molecular weight is 358 g/mol. The number of hydrogen-bond donors (Lipinski definition) is 0. The molecule has 1 aliphatic heterocycles. The van der Waals surface area contributed by atoms with Gasteiger partial charge in [-0.1, -0.05) is 6.07 Å². The summed E-state index contributed by atoms with van der Waals surface area (Å²) in [5.41, 5.74) is 1.42. The van der Waals surface area contributed by atoms with Crippen molar-refractivity contribution in [2.24, 2.45) is 0 Å². The molecule has 1 aliphatic rings. The van der Waals surface area contributed by atoms with E-state index in [1.165, 1.54) is 18.5 Å².